The van der Waals surface area contributed by atoms with Gasteiger partial charge in [-0.15, -0.1) is 0 Å². The second kappa shape index (κ2) is 4.46. The van der Waals surface area contributed by atoms with Gasteiger partial charge in [0.1, 0.15) is 5.78 Å². The lowest BCUT2D eigenvalue weighted by Gasteiger charge is -2.57. The van der Waals surface area contributed by atoms with Gasteiger partial charge in [-0.2, -0.15) is 0 Å². The summed E-state index contributed by atoms with van der Waals surface area (Å²) in [6.07, 6.45) is 12.5. The summed E-state index contributed by atoms with van der Waals surface area (Å²) in [4.78, 5) is 12.4. The van der Waals surface area contributed by atoms with Crippen LogP contribution in [-0.2, 0) is 4.79 Å². The molecule has 0 aliphatic heterocycles. The Bertz CT molecular complexity index is 504. The summed E-state index contributed by atoms with van der Waals surface area (Å²) in [5, 5.41) is 0. The van der Waals surface area contributed by atoms with Crippen LogP contribution in [0.3, 0.4) is 0 Å². The number of Topliss-reactive ketones (excluding diaryl/α,β-unsaturated/α-hetero) is 1. The summed E-state index contributed by atoms with van der Waals surface area (Å²) in [7, 11) is 0. The minimum absolute atomic E-state index is 0.0326. The maximum Gasteiger partial charge on any atom is 0.139 e. The standard InChI is InChI=1S/C20H30O/c1-13-8-10-19(2)14(12-13)4-5-15-16-6-7-18(21)20(16,3)11-9-17(15)19/h4,13,15-17H,5-12H2,1-3H3/t13-,15?,16?,17?,19-,20-/m0/s1. The monoisotopic (exact) mass is 286 g/mol. The van der Waals surface area contributed by atoms with E-state index >= 15 is 0 Å². The number of allylic oxidation sites excluding steroid dienone is 2. The first-order valence-corrected chi connectivity index (χ1v) is 9.18. The Morgan fingerprint density at radius 3 is 2.57 bits per heavy atom. The summed E-state index contributed by atoms with van der Waals surface area (Å²) in [6.45, 7) is 7.26. The smallest absolute Gasteiger partial charge is 0.139 e. The van der Waals surface area contributed by atoms with Gasteiger partial charge in [-0.1, -0.05) is 32.4 Å². The van der Waals surface area contributed by atoms with Crippen LogP contribution in [0.15, 0.2) is 11.6 Å². The quantitative estimate of drug-likeness (QED) is 0.562. The Labute approximate surface area is 129 Å². The molecule has 0 amide bonds. The highest BCUT2D eigenvalue weighted by atomic mass is 16.1. The zero-order valence-corrected chi connectivity index (χ0v) is 14.0. The van der Waals surface area contributed by atoms with Crippen LogP contribution >= 0.6 is 0 Å². The Morgan fingerprint density at radius 2 is 1.76 bits per heavy atom. The summed E-state index contributed by atoms with van der Waals surface area (Å²) in [6, 6.07) is 0. The Balaban J connectivity index is 1.69. The summed E-state index contributed by atoms with van der Waals surface area (Å²) in [5.41, 5.74) is 2.27. The Kier molecular flexibility index (Phi) is 2.98. The van der Waals surface area contributed by atoms with Gasteiger partial charge in [0.2, 0.25) is 0 Å². The van der Waals surface area contributed by atoms with Crippen LogP contribution < -0.4 is 0 Å². The molecule has 0 aromatic heterocycles. The van der Waals surface area contributed by atoms with Crippen LogP contribution in [0.1, 0.15) is 72.1 Å². The Hall–Kier alpha value is -0.590. The van der Waals surface area contributed by atoms with E-state index in [4.69, 9.17) is 0 Å². The molecular weight excluding hydrogens is 256 g/mol. The van der Waals surface area contributed by atoms with Crippen molar-refractivity contribution in [1.82, 2.24) is 0 Å². The van der Waals surface area contributed by atoms with Gasteiger partial charge in [0.25, 0.3) is 0 Å². The molecule has 0 spiro atoms. The number of hydrogen-bond acceptors (Lipinski definition) is 1. The van der Waals surface area contributed by atoms with Crippen LogP contribution in [0.4, 0.5) is 0 Å². The third-order valence-corrected chi connectivity index (χ3v) is 8.06. The van der Waals surface area contributed by atoms with Crippen molar-refractivity contribution < 1.29 is 4.79 Å². The predicted octanol–water partition coefficient (Wildman–Crippen LogP) is 5.15. The maximum atomic E-state index is 12.4. The maximum absolute atomic E-state index is 12.4. The fourth-order valence-electron chi connectivity index (χ4n) is 6.61. The first-order chi connectivity index (χ1) is 9.95. The topological polar surface area (TPSA) is 17.1 Å². The van der Waals surface area contributed by atoms with Crippen molar-refractivity contribution in [3.63, 3.8) is 0 Å². The molecule has 0 heterocycles. The minimum atomic E-state index is 0.0326. The van der Waals surface area contributed by atoms with Gasteiger partial charge in [-0.05, 0) is 74.0 Å². The highest BCUT2D eigenvalue weighted by molar-refractivity contribution is 5.87. The highest BCUT2D eigenvalue weighted by Crippen LogP contribution is 2.64. The van der Waals surface area contributed by atoms with Gasteiger partial charge >= 0.3 is 0 Å². The molecule has 0 N–H and O–H groups in total. The molecule has 3 saturated carbocycles. The molecule has 0 bridgehead atoms. The van der Waals surface area contributed by atoms with Crippen LogP contribution in [-0.4, -0.2) is 5.78 Å². The fourth-order valence-corrected chi connectivity index (χ4v) is 6.61. The third-order valence-electron chi connectivity index (χ3n) is 8.06. The first kappa shape index (κ1) is 14.0. The van der Waals surface area contributed by atoms with Crippen LogP contribution in [0.25, 0.3) is 0 Å². The molecule has 3 fully saturated rings. The first-order valence-electron chi connectivity index (χ1n) is 9.18. The Morgan fingerprint density at radius 1 is 1.05 bits per heavy atom. The molecule has 4 aliphatic carbocycles. The van der Waals surface area contributed by atoms with Crippen LogP contribution in [0.5, 0.6) is 0 Å². The van der Waals surface area contributed by atoms with Gasteiger partial charge in [0.05, 0.1) is 0 Å². The van der Waals surface area contributed by atoms with Gasteiger partial charge in [-0.3, -0.25) is 4.79 Å². The third kappa shape index (κ3) is 1.79. The largest absolute Gasteiger partial charge is 0.299 e. The van der Waals surface area contributed by atoms with E-state index in [1.54, 1.807) is 5.57 Å². The molecule has 4 rings (SSSR count). The molecule has 1 heteroatoms. The van der Waals surface area contributed by atoms with E-state index in [2.05, 4.69) is 26.8 Å². The summed E-state index contributed by atoms with van der Waals surface area (Å²) >= 11 is 0. The van der Waals surface area contributed by atoms with E-state index in [1.165, 1.54) is 38.5 Å². The number of rotatable bonds is 0. The molecule has 0 aromatic rings. The van der Waals surface area contributed by atoms with Crippen molar-refractivity contribution in [2.24, 2.45) is 34.5 Å². The van der Waals surface area contributed by atoms with Gasteiger partial charge in [-0.25, -0.2) is 0 Å². The molecule has 6 atom stereocenters. The number of ketones is 1. The number of hydrogen-bond donors (Lipinski definition) is 0. The molecule has 1 nitrogen and oxygen atoms in total. The molecule has 0 radical (unpaired) electrons. The average molecular weight is 286 g/mol. The van der Waals surface area contributed by atoms with Crippen molar-refractivity contribution in [2.75, 3.05) is 0 Å². The molecular formula is C20H30O. The summed E-state index contributed by atoms with van der Waals surface area (Å²) < 4.78 is 0. The molecule has 4 aliphatic rings. The average Bonchev–Trinajstić information content (AvgIpc) is 2.76. The summed E-state index contributed by atoms with van der Waals surface area (Å²) in [5.74, 6) is 3.77. The number of fused-ring (bicyclic) bond motifs is 5. The van der Waals surface area contributed by atoms with Crippen molar-refractivity contribution >= 4 is 5.78 Å². The van der Waals surface area contributed by atoms with E-state index in [9.17, 15) is 4.79 Å². The van der Waals surface area contributed by atoms with E-state index < -0.39 is 0 Å². The second-order valence-corrected chi connectivity index (χ2v) is 9.03. The van der Waals surface area contributed by atoms with Gasteiger partial charge in [0, 0.05) is 11.8 Å². The van der Waals surface area contributed by atoms with Crippen molar-refractivity contribution in [3.05, 3.63) is 11.6 Å². The van der Waals surface area contributed by atoms with E-state index in [0.717, 1.165) is 30.6 Å². The number of carbonyl (C=O) groups is 1. The van der Waals surface area contributed by atoms with Crippen molar-refractivity contribution in [2.45, 2.75) is 72.1 Å². The fraction of sp³-hybridized carbons (Fsp3) is 0.850. The molecule has 0 saturated heterocycles. The minimum Gasteiger partial charge on any atom is -0.299 e. The van der Waals surface area contributed by atoms with E-state index in [-0.39, 0.29) is 5.41 Å². The molecule has 3 unspecified atom stereocenters. The van der Waals surface area contributed by atoms with Crippen molar-refractivity contribution in [1.29, 1.82) is 0 Å². The van der Waals surface area contributed by atoms with Crippen molar-refractivity contribution in [3.8, 4) is 0 Å². The molecule has 0 aromatic carbocycles. The van der Waals surface area contributed by atoms with Crippen LogP contribution in [0.2, 0.25) is 0 Å². The lowest BCUT2D eigenvalue weighted by atomic mass is 9.47. The zero-order valence-electron chi connectivity index (χ0n) is 14.0. The second-order valence-electron chi connectivity index (χ2n) is 9.03. The normalized spacial score (nSPS) is 52.7. The lowest BCUT2D eigenvalue weighted by molar-refractivity contribution is -0.131. The van der Waals surface area contributed by atoms with Gasteiger partial charge in [0.15, 0.2) is 0 Å². The SMILES string of the molecule is C[C@H]1CC[C@@]2(C)C(=CCC3C2CC[C@]2(C)C(=O)CCC32)C1. The lowest BCUT2D eigenvalue weighted by Crippen LogP contribution is -2.50. The molecule has 21 heavy (non-hydrogen) atoms. The number of carbonyl (C=O) groups excluding carboxylic acids is 1. The van der Waals surface area contributed by atoms with Crippen LogP contribution in [0, 0.1) is 34.5 Å². The zero-order chi connectivity index (χ0) is 14.8. The van der Waals surface area contributed by atoms with E-state index in [0.29, 0.717) is 17.1 Å². The highest BCUT2D eigenvalue weighted by Gasteiger charge is 2.58. The van der Waals surface area contributed by atoms with Gasteiger partial charge < -0.3 is 0 Å². The molecule has 116 valence electrons. The van der Waals surface area contributed by atoms with E-state index in [1.807, 2.05) is 0 Å². The predicted molar refractivity (Wildman–Crippen MR) is 85.9 cm³/mol.